The molecule has 1 aromatic carbocycles. The molecule has 0 aromatic heterocycles. The van der Waals surface area contributed by atoms with E-state index in [1.807, 2.05) is 12.1 Å². The van der Waals surface area contributed by atoms with Crippen molar-refractivity contribution in [3.05, 3.63) is 29.8 Å². The SMILES string of the molecule is COc1cccc(C(=O)NCCC2CCCNC2)c1. The maximum atomic E-state index is 12.0. The third-order valence-corrected chi connectivity index (χ3v) is 3.57. The Morgan fingerprint density at radius 3 is 3.16 bits per heavy atom. The summed E-state index contributed by atoms with van der Waals surface area (Å²) >= 11 is 0. The molecule has 1 aliphatic rings. The van der Waals surface area contributed by atoms with Gasteiger partial charge < -0.3 is 15.4 Å². The first kappa shape index (κ1) is 13.9. The minimum atomic E-state index is -0.0253. The molecule has 0 saturated carbocycles. The summed E-state index contributed by atoms with van der Waals surface area (Å²) in [6.45, 7) is 2.95. The van der Waals surface area contributed by atoms with E-state index in [0.29, 0.717) is 17.2 Å². The van der Waals surface area contributed by atoms with E-state index in [9.17, 15) is 4.79 Å². The minimum absolute atomic E-state index is 0.0253. The first-order valence-corrected chi connectivity index (χ1v) is 6.92. The van der Waals surface area contributed by atoms with Gasteiger partial charge in [-0.25, -0.2) is 0 Å². The standard InChI is InChI=1S/C15H22N2O2/c1-19-14-6-2-5-13(10-14)15(18)17-9-7-12-4-3-8-16-11-12/h2,5-6,10,12,16H,3-4,7-9,11H2,1H3,(H,17,18). The van der Waals surface area contributed by atoms with Gasteiger partial charge in [0.1, 0.15) is 5.75 Å². The second-order valence-electron chi connectivity index (χ2n) is 4.99. The van der Waals surface area contributed by atoms with Crippen molar-refractivity contribution in [2.24, 2.45) is 5.92 Å². The fourth-order valence-electron chi connectivity index (χ4n) is 2.43. The number of ether oxygens (including phenoxy) is 1. The van der Waals surface area contributed by atoms with Crippen LogP contribution in [0.2, 0.25) is 0 Å². The van der Waals surface area contributed by atoms with Crippen LogP contribution in [-0.4, -0.2) is 32.7 Å². The van der Waals surface area contributed by atoms with Crippen LogP contribution >= 0.6 is 0 Å². The van der Waals surface area contributed by atoms with E-state index in [0.717, 1.165) is 26.1 Å². The molecule has 0 radical (unpaired) electrons. The molecule has 1 fully saturated rings. The quantitative estimate of drug-likeness (QED) is 0.851. The maximum Gasteiger partial charge on any atom is 0.251 e. The second-order valence-corrected chi connectivity index (χ2v) is 4.99. The van der Waals surface area contributed by atoms with Crippen molar-refractivity contribution in [1.29, 1.82) is 0 Å². The zero-order chi connectivity index (χ0) is 13.5. The third-order valence-electron chi connectivity index (χ3n) is 3.57. The summed E-state index contributed by atoms with van der Waals surface area (Å²) in [6, 6.07) is 7.24. The molecule has 1 aromatic rings. The molecule has 1 heterocycles. The van der Waals surface area contributed by atoms with E-state index in [4.69, 9.17) is 4.74 Å². The van der Waals surface area contributed by atoms with E-state index in [-0.39, 0.29) is 5.91 Å². The first-order valence-electron chi connectivity index (χ1n) is 6.92. The highest BCUT2D eigenvalue weighted by Crippen LogP contribution is 2.14. The largest absolute Gasteiger partial charge is 0.497 e. The van der Waals surface area contributed by atoms with Crippen molar-refractivity contribution in [2.45, 2.75) is 19.3 Å². The Hall–Kier alpha value is -1.55. The summed E-state index contributed by atoms with van der Waals surface area (Å²) in [7, 11) is 1.60. The van der Waals surface area contributed by atoms with Crippen molar-refractivity contribution in [3.8, 4) is 5.75 Å². The molecule has 104 valence electrons. The molecule has 1 amide bonds. The number of piperidine rings is 1. The lowest BCUT2D eigenvalue weighted by atomic mass is 9.96. The number of amides is 1. The number of benzene rings is 1. The highest BCUT2D eigenvalue weighted by molar-refractivity contribution is 5.94. The Morgan fingerprint density at radius 2 is 2.42 bits per heavy atom. The number of rotatable bonds is 5. The molecule has 1 aliphatic heterocycles. The Kier molecular flexibility index (Phi) is 5.21. The summed E-state index contributed by atoms with van der Waals surface area (Å²) in [4.78, 5) is 12.0. The van der Waals surface area contributed by atoms with Gasteiger partial charge >= 0.3 is 0 Å². The lowest BCUT2D eigenvalue weighted by molar-refractivity contribution is 0.0950. The number of methoxy groups -OCH3 is 1. The average molecular weight is 262 g/mol. The zero-order valence-electron chi connectivity index (χ0n) is 11.4. The van der Waals surface area contributed by atoms with E-state index < -0.39 is 0 Å². The van der Waals surface area contributed by atoms with Gasteiger partial charge in [0.15, 0.2) is 0 Å². The molecule has 4 nitrogen and oxygen atoms in total. The van der Waals surface area contributed by atoms with E-state index >= 15 is 0 Å². The summed E-state index contributed by atoms with van der Waals surface area (Å²) in [5, 5.41) is 6.37. The highest BCUT2D eigenvalue weighted by Gasteiger charge is 2.13. The molecule has 2 rings (SSSR count). The predicted octanol–water partition coefficient (Wildman–Crippen LogP) is 1.81. The van der Waals surface area contributed by atoms with Gasteiger partial charge in [-0.2, -0.15) is 0 Å². The van der Waals surface area contributed by atoms with Crippen LogP contribution in [-0.2, 0) is 0 Å². The number of hydrogen-bond donors (Lipinski definition) is 2. The molecule has 4 heteroatoms. The molecular formula is C15H22N2O2. The van der Waals surface area contributed by atoms with Crippen LogP contribution in [0.1, 0.15) is 29.6 Å². The Bertz CT molecular complexity index is 414. The molecule has 2 N–H and O–H groups in total. The number of carbonyl (C=O) groups is 1. The molecule has 1 atom stereocenters. The van der Waals surface area contributed by atoms with Gasteiger partial charge in [0.2, 0.25) is 0 Å². The molecule has 1 unspecified atom stereocenters. The van der Waals surface area contributed by atoms with Crippen molar-refractivity contribution in [3.63, 3.8) is 0 Å². The lowest BCUT2D eigenvalue weighted by Gasteiger charge is -2.22. The smallest absolute Gasteiger partial charge is 0.251 e. The monoisotopic (exact) mass is 262 g/mol. The van der Waals surface area contributed by atoms with Gasteiger partial charge in [-0.15, -0.1) is 0 Å². The van der Waals surface area contributed by atoms with Gasteiger partial charge in [-0.1, -0.05) is 6.07 Å². The minimum Gasteiger partial charge on any atom is -0.497 e. The predicted molar refractivity (Wildman–Crippen MR) is 75.5 cm³/mol. The van der Waals surface area contributed by atoms with Crippen molar-refractivity contribution in [1.82, 2.24) is 10.6 Å². The van der Waals surface area contributed by atoms with Crippen LogP contribution in [0.5, 0.6) is 5.75 Å². The fraction of sp³-hybridized carbons (Fsp3) is 0.533. The van der Waals surface area contributed by atoms with E-state index in [2.05, 4.69) is 10.6 Å². The topological polar surface area (TPSA) is 50.4 Å². The van der Waals surface area contributed by atoms with Crippen LogP contribution in [0.3, 0.4) is 0 Å². The average Bonchev–Trinajstić information content (AvgIpc) is 2.48. The van der Waals surface area contributed by atoms with Gasteiger partial charge in [0.05, 0.1) is 7.11 Å². The van der Waals surface area contributed by atoms with Crippen molar-refractivity contribution < 1.29 is 9.53 Å². The van der Waals surface area contributed by atoms with Crippen LogP contribution in [0, 0.1) is 5.92 Å². The Morgan fingerprint density at radius 1 is 1.53 bits per heavy atom. The lowest BCUT2D eigenvalue weighted by Crippen LogP contribution is -2.33. The fourth-order valence-corrected chi connectivity index (χ4v) is 2.43. The van der Waals surface area contributed by atoms with Gasteiger partial charge in [0.25, 0.3) is 5.91 Å². The van der Waals surface area contributed by atoms with Gasteiger partial charge in [-0.05, 0) is 56.5 Å². The highest BCUT2D eigenvalue weighted by atomic mass is 16.5. The summed E-state index contributed by atoms with van der Waals surface area (Å²) in [5.41, 5.74) is 0.654. The third kappa shape index (κ3) is 4.24. The normalized spacial score (nSPS) is 18.9. The maximum absolute atomic E-state index is 12.0. The van der Waals surface area contributed by atoms with Gasteiger partial charge in [-0.3, -0.25) is 4.79 Å². The molecule has 0 bridgehead atoms. The second kappa shape index (κ2) is 7.14. The summed E-state index contributed by atoms with van der Waals surface area (Å²) < 4.78 is 5.12. The van der Waals surface area contributed by atoms with Crippen LogP contribution in [0.4, 0.5) is 0 Å². The van der Waals surface area contributed by atoms with Crippen molar-refractivity contribution >= 4 is 5.91 Å². The molecule has 0 spiro atoms. The summed E-state index contributed by atoms with van der Waals surface area (Å²) in [5.74, 6) is 1.38. The molecule has 1 saturated heterocycles. The van der Waals surface area contributed by atoms with E-state index in [1.54, 1.807) is 19.2 Å². The zero-order valence-corrected chi connectivity index (χ0v) is 11.4. The molecule has 0 aliphatic carbocycles. The van der Waals surface area contributed by atoms with E-state index in [1.165, 1.54) is 12.8 Å². The Balaban J connectivity index is 1.77. The number of carbonyl (C=O) groups excluding carboxylic acids is 1. The Labute approximate surface area is 114 Å². The van der Waals surface area contributed by atoms with Gasteiger partial charge in [0, 0.05) is 12.1 Å². The summed E-state index contributed by atoms with van der Waals surface area (Å²) in [6.07, 6.45) is 3.55. The van der Waals surface area contributed by atoms with Crippen LogP contribution in [0.15, 0.2) is 24.3 Å². The number of nitrogens with one attached hydrogen (secondary N) is 2. The van der Waals surface area contributed by atoms with Crippen LogP contribution in [0.25, 0.3) is 0 Å². The molecular weight excluding hydrogens is 240 g/mol. The first-order chi connectivity index (χ1) is 9.29. The van der Waals surface area contributed by atoms with Crippen LogP contribution < -0.4 is 15.4 Å². The number of hydrogen-bond acceptors (Lipinski definition) is 3. The van der Waals surface area contributed by atoms with Crippen molar-refractivity contribution in [2.75, 3.05) is 26.7 Å². The molecule has 19 heavy (non-hydrogen) atoms.